The van der Waals surface area contributed by atoms with Crippen molar-refractivity contribution in [3.05, 3.63) is 0 Å². The van der Waals surface area contributed by atoms with Gasteiger partial charge >= 0.3 is 0 Å². The molecule has 2 fully saturated rings. The molecule has 1 aliphatic heterocycles. The van der Waals surface area contributed by atoms with Gasteiger partial charge < -0.3 is 10.6 Å². The summed E-state index contributed by atoms with van der Waals surface area (Å²) in [5, 5.41) is 6.47. The van der Waals surface area contributed by atoms with E-state index in [2.05, 4.69) is 24.5 Å². The van der Waals surface area contributed by atoms with Crippen LogP contribution in [-0.2, 0) is 4.79 Å². The van der Waals surface area contributed by atoms with Crippen LogP contribution in [0.1, 0.15) is 39.5 Å². The molecule has 0 aromatic heterocycles. The molecule has 1 saturated heterocycles. The second kappa shape index (κ2) is 4.12. The Morgan fingerprint density at radius 3 is 2.73 bits per heavy atom. The Balaban J connectivity index is 1.88. The van der Waals surface area contributed by atoms with Gasteiger partial charge in [0.1, 0.15) is 0 Å². The summed E-state index contributed by atoms with van der Waals surface area (Å²) in [7, 11) is 0. The monoisotopic (exact) mass is 210 g/mol. The average molecular weight is 210 g/mol. The molecule has 2 aliphatic rings. The van der Waals surface area contributed by atoms with Crippen molar-refractivity contribution in [3.8, 4) is 0 Å². The summed E-state index contributed by atoms with van der Waals surface area (Å²) in [6.07, 6.45) is 4.64. The lowest BCUT2D eigenvalue weighted by Crippen LogP contribution is -2.44. The summed E-state index contributed by atoms with van der Waals surface area (Å²) in [5.41, 5.74) is 0.293. The van der Waals surface area contributed by atoms with Crippen LogP contribution in [0.5, 0.6) is 0 Å². The van der Waals surface area contributed by atoms with Crippen LogP contribution in [0.3, 0.4) is 0 Å². The fourth-order valence-corrected chi connectivity index (χ4v) is 2.76. The zero-order chi connectivity index (χ0) is 10.9. The van der Waals surface area contributed by atoms with Crippen LogP contribution in [0, 0.1) is 11.3 Å². The fraction of sp³-hybridized carbons (Fsp3) is 0.917. The molecule has 0 spiro atoms. The summed E-state index contributed by atoms with van der Waals surface area (Å²) in [5.74, 6) is 0.473. The van der Waals surface area contributed by atoms with E-state index in [-0.39, 0.29) is 11.8 Å². The number of carbonyl (C=O) groups excluding carboxylic acids is 1. The zero-order valence-electron chi connectivity index (χ0n) is 9.81. The zero-order valence-corrected chi connectivity index (χ0v) is 9.81. The van der Waals surface area contributed by atoms with E-state index < -0.39 is 0 Å². The Morgan fingerprint density at radius 2 is 2.20 bits per heavy atom. The van der Waals surface area contributed by atoms with Gasteiger partial charge in [0.2, 0.25) is 5.91 Å². The van der Waals surface area contributed by atoms with Gasteiger partial charge in [-0.2, -0.15) is 0 Å². The van der Waals surface area contributed by atoms with Crippen molar-refractivity contribution in [3.63, 3.8) is 0 Å². The van der Waals surface area contributed by atoms with Crippen LogP contribution >= 0.6 is 0 Å². The molecule has 0 aromatic rings. The van der Waals surface area contributed by atoms with Crippen molar-refractivity contribution >= 4 is 5.91 Å². The maximum absolute atomic E-state index is 11.9. The van der Waals surface area contributed by atoms with Gasteiger partial charge in [-0.1, -0.05) is 20.3 Å². The normalized spacial score (nSPS) is 34.3. The highest BCUT2D eigenvalue weighted by molar-refractivity contribution is 5.79. The minimum Gasteiger partial charge on any atom is -0.353 e. The molecule has 15 heavy (non-hydrogen) atoms. The van der Waals surface area contributed by atoms with Crippen LogP contribution in [-0.4, -0.2) is 25.0 Å². The molecule has 1 saturated carbocycles. The van der Waals surface area contributed by atoms with Crippen molar-refractivity contribution in [2.45, 2.75) is 45.6 Å². The van der Waals surface area contributed by atoms with Gasteiger partial charge in [-0.15, -0.1) is 0 Å². The van der Waals surface area contributed by atoms with E-state index in [1.165, 1.54) is 12.8 Å². The lowest BCUT2D eigenvalue weighted by molar-refractivity contribution is -0.125. The smallest absolute Gasteiger partial charge is 0.224 e. The summed E-state index contributed by atoms with van der Waals surface area (Å²) in [4.78, 5) is 11.9. The SMILES string of the molecule is CC1(C)CCCC1NC(=O)[C@@H]1CCNC1. The van der Waals surface area contributed by atoms with Gasteiger partial charge in [0, 0.05) is 12.6 Å². The fourth-order valence-electron chi connectivity index (χ4n) is 2.76. The van der Waals surface area contributed by atoms with E-state index in [1.54, 1.807) is 0 Å². The van der Waals surface area contributed by atoms with E-state index in [0.29, 0.717) is 11.5 Å². The van der Waals surface area contributed by atoms with Crippen molar-refractivity contribution in [1.82, 2.24) is 10.6 Å². The third kappa shape index (κ3) is 2.33. The van der Waals surface area contributed by atoms with Gasteiger partial charge in [0.15, 0.2) is 0 Å². The van der Waals surface area contributed by atoms with E-state index in [0.717, 1.165) is 25.9 Å². The molecule has 1 unspecified atom stereocenters. The van der Waals surface area contributed by atoms with E-state index in [1.807, 2.05) is 0 Å². The number of carbonyl (C=O) groups is 1. The first-order chi connectivity index (χ1) is 7.09. The third-order valence-electron chi connectivity index (χ3n) is 4.00. The second-order valence-electron chi connectivity index (χ2n) is 5.63. The first-order valence-corrected chi connectivity index (χ1v) is 6.11. The van der Waals surface area contributed by atoms with Gasteiger partial charge in [-0.05, 0) is 31.2 Å². The molecule has 1 amide bonds. The van der Waals surface area contributed by atoms with Crippen LogP contribution < -0.4 is 10.6 Å². The van der Waals surface area contributed by atoms with Gasteiger partial charge in [0.05, 0.1) is 5.92 Å². The predicted molar refractivity (Wildman–Crippen MR) is 60.5 cm³/mol. The molecule has 2 N–H and O–H groups in total. The molecule has 3 nitrogen and oxygen atoms in total. The van der Waals surface area contributed by atoms with Crippen molar-refractivity contribution in [2.24, 2.45) is 11.3 Å². The molecular weight excluding hydrogens is 188 g/mol. The number of hydrogen-bond donors (Lipinski definition) is 2. The Kier molecular flexibility index (Phi) is 3.01. The topological polar surface area (TPSA) is 41.1 Å². The molecule has 86 valence electrons. The van der Waals surface area contributed by atoms with Gasteiger partial charge in [0.25, 0.3) is 0 Å². The van der Waals surface area contributed by atoms with Crippen LogP contribution in [0.25, 0.3) is 0 Å². The predicted octanol–water partition coefficient (Wildman–Crippen LogP) is 1.29. The molecule has 1 heterocycles. The second-order valence-corrected chi connectivity index (χ2v) is 5.63. The molecule has 2 atom stereocenters. The first kappa shape index (κ1) is 10.9. The highest BCUT2D eigenvalue weighted by Gasteiger charge is 2.36. The molecule has 0 radical (unpaired) electrons. The Bertz CT molecular complexity index is 244. The van der Waals surface area contributed by atoms with Crippen LogP contribution in [0.4, 0.5) is 0 Å². The Labute approximate surface area is 92.0 Å². The lowest BCUT2D eigenvalue weighted by Gasteiger charge is -2.28. The maximum Gasteiger partial charge on any atom is 0.224 e. The summed E-state index contributed by atoms with van der Waals surface area (Å²) >= 11 is 0. The summed E-state index contributed by atoms with van der Waals surface area (Å²) in [6.45, 7) is 6.38. The summed E-state index contributed by atoms with van der Waals surface area (Å²) in [6, 6.07) is 0.394. The molecule has 0 aromatic carbocycles. The van der Waals surface area contributed by atoms with E-state index in [9.17, 15) is 4.79 Å². The van der Waals surface area contributed by atoms with Crippen molar-refractivity contribution < 1.29 is 4.79 Å². The highest BCUT2D eigenvalue weighted by Crippen LogP contribution is 2.37. The van der Waals surface area contributed by atoms with Crippen LogP contribution in [0.15, 0.2) is 0 Å². The lowest BCUT2D eigenvalue weighted by atomic mass is 9.87. The number of amides is 1. The molecule has 1 aliphatic carbocycles. The van der Waals surface area contributed by atoms with E-state index in [4.69, 9.17) is 0 Å². The van der Waals surface area contributed by atoms with Gasteiger partial charge in [-0.3, -0.25) is 4.79 Å². The Hall–Kier alpha value is -0.570. The minimum absolute atomic E-state index is 0.210. The maximum atomic E-state index is 11.9. The minimum atomic E-state index is 0.210. The van der Waals surface area contributed by atoms with Crippen molar-refractivity contribution in [2.75, 3.05) is 13.1 Å². The third-order valence-corrected chi connectivity index (χ3v) is 4.00. The standard InChI is InChI=1S/C12H22N2O/c1-12(2)6-3-4-10(12)14-11(15)9-5-7-13-8-9/h9-10,13H,3-8H2,1-2H3,(H,14,15)/t9-,10?/m1/s1. The van der Waals surface area contributed by atoms with Crippen molar-refractivity contribution in [1.29, 1.82) is 0 Å². The average Bonchev–Trinajstić information content (AvgIpc) is 2.76. The molecule has 2 rings (SSSR count). The molecule has 0 bridgehead atoms. The Morgan fingerprint density at radius 1 is 1.40 bits per heavy atom. The highest BCUT2D eigenvalue weighted by atomic mass is 16.2. The number of nitrogens with one attached hydrogen (secondary N) is 2. The largest absolute Gasteiger partial charge is 0.353 e. The quantitative estimate of drug-likeness (QED) is 0.721. The number of hydrogen-bond acceptors (Lipinski definition) is 2. The molecular formula is C12H22N2O. The number of rotatable bonds is 2. The molecule has 3 heteroatoms. The van der Waals surface area contributed by atoms with Gasteiger partial charge in [-0.25, -0.2) is 0 Å². The summed E-state index contributed by atoms with van der Waals surface area (Å²) < 4.78 is 0. The van der Waals surface area contributed by atoms with Crippen LogP contribution in [0.2, 0.25) is 0 Å². The first-order valence-electron chi connectivity index (χ1n) is 6.11. The van der Waals surface area contributed by atoms with E-state index >= 15 is 0 Å².